The van der Waals surface area contributed by atoms with Gasteiger partial charge in [0.1, 0.15) is 34.8 Å². The number of hydrogen-bond donors (Lipinski definition) is 2. The van der Waals surface area contributed by atoms with Gasteiger partial charge in [0.25, 0.3) is 0 Å². The van der Waals surface area contributed by atoms with Gasteiger partial charge in [-0.2, -0.15) is 0 Å². The number of fused-ring (bicyclic) bond motifs is 1. The normalized spacial score (nSPS) is 14.2. The number of aromatic amines is 1. The minimum atomic E-state index is -0.542. The lowest BCUT2D eigenvalue weighted by molar-refractivity contribution is 0.122. The zero-order valence-electron chi connectivity index (χ0n) is 16.1. The Morgan fingerprint density at radius 1 is 1.10 bits per heavy atom. The number of nitrogens with one attached hydrogen (secondary N) is 2. The lowest BCUT2D eigenvalue weighted by Crippen LogP contribution is -2.36. The second kappa shape index (κ2) is 8.26. The Morgan fingerprint density at radius 2 is 1.87 bits per heavy atom. The number of pyridine rings is 1. The smallest absolute Gasteiger partial charge is 0.167 e. The molecule has 1 aliphatic rings. The van der Waals surface area contributed by atoms with Crippen LogP contribution in [0, 0.1) is 5.82 Å². The fraction of sp³-hybridized carbons (Fsp3) is 0.200. The third kappa shape index (κ3) is 3.87. The van der Waals surface area contributed by atoms with Crippen LogP contribution in [0.1, 0.15) is 0 Å². The summed E-state index contributed by atoms with van der Waals surface area (Å²) in [5, 5.41) is 3.92. The number of halogens is 3. The molecule has 8 nitrogen and oxygen atoms in total. The van der Waals surface area contributed by atoms with E-state index in [1.165, 1.54) is 6.33 Å². The lowest BCUT2D eigenvalue weighted by Gasteiger charge is -2.27. The van der Waals surface area contributed by atoms with E-state index in [1.807, 2.05) is 0 Å². The van der Waals surface area contributed by atoms with Gasteiger partial charge in [-0.1, -0.05) is 29.3 Å². The summed E-state index contributed by atoms with van der Waals surface area (Å²) in [5.74, 6) is 1.42. The van der Waals surface area contributed by atoms with Crippen molar-refractivity contribution < 1.29 is 9.13 Å². The SMILES string of the molecule is Fc1cnc(Nc2cc(N3CCOCC3)ncn2)c2nc(-c3c(Cl)cccc3Cl)[nH]c12. The van der Waals surface area contributed by atoms with Crippen LogP contribution in [0.4, 0.5) is 21.8 Å². The summed E-state index contributed by atoms with van der Waals surface area (Å²) in [4.78, 5) is 22.3. The Labute approximate surface area is 186 Å². The zero-order valence-corrected chi connectivity index (χ0v) is 17.6. The molecule has 11 heteroatoms. The Balaban J connectivity index is 1.52. The van der Waals surface area contributed by atoms with Gasteiger partial charge in [-0.05, 0) is 12.1 Å². The number of anilines is 3. The standard InChI is InChI=1S/C20H16Cl2FN7O/c21-11-2-1-3-12(22)16(11)19-28-17-13(23)9-24-20(18(17)29-19)27-14-8-15(26-10-25-14)30-4-6-31-7-5-30/h1-3,8-10H,4-7H2,(H,28,29)(H,24,25,26,27). The first kappa shape index (κ1) is 19.9. The van der Waals surface area contributed by atoms with E-state index >= 15 is 0 Å². The number of morpholine rings is 1. The van der Waals surface area contributed by atoms with E-state index in [4.69, 9.17) is 27.9 Å². The number of H-pyrrole nitrogens is 1. The van der Waals surface area contributed by atoms with Crippen LogP contribution < -0.4 is 10.2 Å². The Hall–Kier alpha value is -3.01. The lowest BCUT2D eigenvalue weighted by atomic mass is 10.2. The van der Waals surface area contributed by atoms with Crippen LogP contribution in [0.3, 0.4) is 0 Å². The molecular weight excluding hydrogens is 444 g/mol. The predicted molar refractivity (Wildman–Crippen MR) is 118 cm³/mol. The molecule has 1 aromatic carbocycles. The molecule has 0 atom stereocenters. The molecular formula is C20H16Cl2FN7O. The van der Waals surface area contributed by atoms with Crippen LogP contribution in [-0.2, 0) is 4.74 Å². The highest BCUT2D eigenvalue weighted by atomic mass is 35.5. The number of benzene rings is 1. The van der Waals surface area contributed by atoms with Crippen molar-refractivity contribution in [3.63, 3.8) is 0 Å². The highest BCUT2D eigenvalue weighted by molar-refractivity contribution is 6.39. The molecule has 4 heterocycles. The molecule has 0 amide bonds. The highest BCUT2D eigenvalue weighted by Crippen LogP contribution is 2.35. The van der Waals surface area contributed by atoms with Gasteiger partial charge in [-0.15, -0.1) is 0 Å². The molecule has 1 fully saturated rings. The van der Waals surface area contributed by atoms with Gasteiger partial charge in [0.2, 0.25) is 0 Å². The maximum Gasteiger partial charge on any atom is 0.167 e. The molecule has 0 bridgehead atoms. The van der Waals surface area contributed by atoms with Crippen LogP contribution >= 0.6 is 23.2 Å². The highest BCUT2D eigenvalue weighted by Gasteiger charge is 2.19. The van der Waals surface area contributed by atoms with Crippen molar-refractivity contribution >= 4 is 51.7 Å². The second-order valence-electron chi connectivity index (χ2n) is 6.85. The average Bonchev–Trinajstić information content (AvgIpc) is 3.23. The van der Waals surface area contributed by atoms with E-state index in [1.54, 1.807) is 24.3 Å². The molecule has 0 spiro atoms. The second-order valence-corrected chi connectivity index (χ2v) is 7.66. The van der Waals surface area contributed by atoms with Gasteiger partial charge in [0.05, 0.1) is 35.0 Å². The molecule has 0 radical (unpaired) electrons. The largest absolute Gasteiger partial charge is 0.378 e. The molecule has 0 saturated carbocycles. The number of imidazole rings is 1. The van der Waals surface area contributed by atoms with Gasteiger partial charge in [-0.25, -0.2) is 24.3 Å². The van der Waals surface area contributed by atoms with Crippen molar-refractivity contribution in [1.29, 1.82) is 0 Å². The quantitative estimate of drug-likeness (QED) is 0.465. The molecule has 5 rings (SSSR count). The van der Waals surface area contributed by atoms with Gasteiger partial charge < -0.3 is 19.9 Å². The van der Waals surface area contributed by atoms with E-state index in [0.29, 0.717) is 51.8 Å². The van der Waals surface area contributed by atoms with E-state index < -0.39 is 5.82 Å². The Kier molecular flexibility index (Phi) is 5.31. The van der Waals surface area contributed by atoms with Crippen molar-refractivity contribution in [2.75, 3.05) is 36.5 Å². The summed E-state index contributed by atoms with van der Waals surface area (Å²) in [7, 11) is 0. The van der Waals surface area contributed by atoms with E-state index in [0.717, 1.165) is 25.1 Å². The van der Waals surface area contributed by atoms with Crippen LogP contribution in [0.25, 0.3) is 22.4 Å². The van der Waals surface area contributed by atoms with E-state index in [2.05, 4.69) is 35.1 Å². The van der Waals surface area contributed by atoms with E-state index in [9.17, 15) is 4.39 Å². The fourth-order valence-electron chi connectivity index (χ4n) is 3.40. The number of ether oxygens (including phenoxy) is 1. The minimum absolute atomic E-state index is 0.186. The first-order valence-corrected chi connectivity index (χ1v) is 10.3. The fourth-order valence-corrected chi connectivity index (χ4v) is 3.98. The molecule has 1 saturated heterocycles. The van der Waals surface area contributed by atoms with E-state index in [-0.39, 0.29) is 5.52 Å². The summed E-state index contributed by atoms with van der Waals surface area (Å²) < 4.78 is 19.9. The van der Waals surface area contributed by atoms with Crippen molar-refractivity contribution in [1.82, 2.24) is 24.9 Å². The number of nitrogens with zero attached hydrogens (tertiary/aromatic N) is 5. The predicted octanol–water partition coefficient (Wildman–Crippen LogP) is 4.44. The maximum absolute atomic E-state index is 14.5. The molecule has 3 aromatic heterocycles. The maximum atomic E-state index is 14.5. The molecule has 4 aromatic rings. The molecule has 31 heavy (non-hydrogen) atoms. The van der Waals surface area contributed by atoms with Crippen molar-refractivity contribution in [2.45, 2.75) is 0 Å². The number of rotatable bonds is 4. The number of aromatic nitrogens is 5. The van der Waals surface area contributed by atoms with Crippen LogP contribution in [-0.4, -0.2) is 51.2 Å². The molecule has 0 aliphatic carbocycles. The third-order valence-electron chi connectivity index (χ3n) is 4.91. The van der Waals surface area contributed by atoms with Crippen LogP contribution in [0.15, 0.2) is 36.8 Å². The van der Waals surface area contributed by atoms with Gasteiger partial charge in [-0.3, -0.25) is 0 Å². The van der Waals surface area contributed by atoms with Crippen molar-refractivity contribution in [3.8, 4) is 11.4 Å². The van der Waals surface area contributed by atoms with Crippen LogP contribution in [0.5, 0.6) is 0 Å². The first-order valence-electron chi connectivity index (χ1n) is 9.50. The summed E-state index contributed by atoms with van der Waals surface area (Å²) in [6, 6.07) is 6.92. The van der Waals surface area contributed by atoms with Gasteiger partial charge in [0, 0.05) is 19.2 Å². The summed E-state index contributed by atoms with van der Waals surface area (Å²) in [6.45, 7) is 2.79. The van der Waals surface area contributed by atoms with Crippen molar-refractivity contribution in [3.05, 3.63) is 52.7 Å². The molecule has 0 unspecified atom stereocenters. The van der Waals surface area contributed by atoms with Gasteiger partial charge >= 0.3 is 0 Å². The summed E-state index contributed by atoms with van der Waals surface area (Å²) in [6.07, 6.45) is 2.58. The molecule has 1 aliphatic heterocycles. The third-order valence-corrected chi connectivity index (χ3v) is 5.54. The Bertz CT molecular complexity index is 1240. The first-order chi connectivity index (χ1) is 15.1. The topological polar surface area (TPSA) is 91.8 Å². The minimum Gasteiger partial charge on any atom is -0.378 e. The Morgan fingerprint density at radius 3 is 2.65 bits per heavy atom. The average molecular weight is 460 g/mol. The van der Waals surface area contributed by atoms with Crippen LogP contribution in [0.2, 0.25) is 10.0 Å². The summed E-state index contributed by atoms with van der Waals surface area (Å²) in [5.41, 5.74) is 0.979. The zero-order chi connectivity index (χ0) is 21.4. The summed E-state index contributed by atoms with van der Waals surface area (Å²) >= 11 is 12.6. The van der Waals surface area contributed by atoms with Gasteiger partial charge in [0.15, 0.2) is 11.6 Å². The van der Waals surface area contributed by atoms with Crippen molar-refractivity contribution in [2.24, 2.45) is 0 Å². The molecule has 158 valence electrons. The molecule has 2 N–H and O–H groups in total. The monoisotopic (exact) mass is 459 g/mol. The number of hydrogen-bond acceptors (Lipinski definition) is 7.